The zero-order chi connectivity index (χ0) is 17.0. The van der Waals surface area contributed by atoms with Crippen LogP contribution in [0.2, 0.25) is 0 Å². The molecule has 0 spiro atoms. The van der Waals surface area contributed by atoms with Gasteiger partial charge in [-0.2, -0.15) is 0 Å². The Labute approximate surface area is 137 Å². The van der Waals surface area contributed by atoms with E-state index < -0.39 is 0 Å². The number of nitrogen functional groups attached to an aromatic ring is 1. The third-order valence-electron chi connectivity index (χ3n) is 3.88. The second-order valence-electron chi connectivity index (χ2n) is 5.31. The quantitative estimate of drug-likeness (QED) is 0.829. The predicted molar refractivity (Wildman–Crippen MR) is 96.5 cm³/mol. The average Bonchev–Trinajstić information content (AvgIpc) is 2.60. The maximum Gasteiger partial charge on any atom is 0.150 e. The van der Waals surface area contributed by atoms with Crippen LogP contribution in [0.3, 0.4) is 0 Å². The van der Waals surface area contributed by atoms with Crippen LogP contribution in [0, 0.1) is 0 Å². The molecule has 1 heterocycles. The number of aryl methyl sites for hydroxylation is 1. The molecule has 2 rings (SSSR count). The molecule has 0 unspecified atom stereocenters. The first kappa shape index (κ1) is 16.5. The molecular weight excluding hydrogens is 288 g/mol. The van der Waals surface area contributed by atoms with E-state index in [1.807, 2.05) is 48.2 Å². The Morgan fingerprint density at radius 1 is 1.26 bits per heavy atom. The van der Waals surface area contributed by atoms with E-state index in [1.165, 1.54) is 0 Å². The fraction of sp³-hybridized carbons (Fsp3) is 0.222. The van der Waals surface area contributed by atoms with Crippen molar-refractivity contribution in [3.63, 3.8) is 0 Å². The van der Waals surface area contributed by atoms with Crippen LogP contribution in [0.5, 0.6) is 0 Å². The van der Waals surface area contributed by atoms with E-state index in [0.717, 1.165) is 35.5 Å². The maximum atomic E-state index is 11.0. The third kappa shape index (κ3) is 3.34. The Hall–Kier alpha value is -2.82. The van der Waals surface area contributed by atoms with Gasteiger partial charge in [-0.15, -0.1) is 0 Å². The van der Waals surface area contributed by atoms with E-state index in [0.29, 0.717) is 11.3 Å². The number of aromatic nitrogens is 1. The van der Waals surface area contributed by atoms with Gasteiger partial charge >= 0.3 is 0 Å². The number of hydrogen-bond acceptors (Lipinski definition) is 5. The number of carbonyl (C=O) groups excluding carboxylic acids is 1. The van der Waals surface area contributed by atoms with Crippen molar-refractivity contribution in [2.45, 2.75) is 13.3 Å². The van der Waals surface area contributed by atoms with Crippen LogP contribution in [-0.2, 0) is 6.42 Å². The third-order valence-corrected chi connectivity index (χ3v) is 3.88. The number of carbonyl (C=O) groups is 1. The van der Waals surface area contributed by atoms with Crippen LogP contribution in [0.1, 0.15) is 22.8 Å². The molecule has 0 aliphatic heterocycles. The lowest BCUT2D eigenvalue weighted by Crippen LogP contribution is -2.16. The first-order valence-corrected chi connectivity index (χ1v) is 7.44. The molecule has 0 saturated carbocycles. The highest BCUT2D eigenvalue weighted by molar-refractivity contribution is 5.79. The summed E-state index contributed by atoms with van der Waals surface area (Å²) in [5.41, 5.74) is 10.2. The SMILES string of the molecule is C=CN(C)c1cc(N(C)c2ccc(C=O)cc2CC)ncc1N. The summed E-state index contributed by atoms with van der Waals surface area (Å²) < 4.78 is 0. The Kier molecular flexibility index (Phi) is 5.01. The van der Waals surface area contributed by atoms with E-state index in [-0.39, 0.29) is 0 Å². The molecule has 2 aromatic rings. The summed E-state index contributed by atoms with van der Waals surface area (Å²) in [6.07, 6.45) is 5.04. The molecule has 23 heavy (non-hydrogen) atoms. The number of nitrogens with zero attached hydrogens (tertiary/aromatic N) is 3. The zero-order valence-electron chi connectivity index (χ0n) is 13.8. The number of anilines is 4. The van der Waals surface area contributed by atoms with Gasteiger partial charge in [0.2, 0.25) is 0 Å². The van der Waals surface area contributed by atoms with Gasteiger partial charge in [0.05, 0.1) is 17.6 Å². The molecule has 0 aliphatic rings. The van der Waals surface area contributed by atoms with Gasteiger partial charge in [0.1, 0.15) is 12.1 Å². The summed E-state index contributed by atoms with van der Waals surface area (Å²) in [6.45, 7) is 5.82. The lowest BCUT2D eigenvalue weighted by atomic mass is 10.1. The molecule has 0 atom stereocenters. The van der Waals surface area contributed by atoms with Gasteiger partial charge in [0.15, 0.2) is 0 Å². The molecule has 0 amide bonds. The molecule has 0 aliphatic carbocycles. The van der Waals surface area contributed by atoms with Crippen LogP contribution in [0.25, 0.3) is 0 Å². The minimum Gasteiger partial charge on any atom is -0.396 e. The van der Waals surface area contributed by atoms with E-state index in [4.69, 9.17) is 5.73 Å². The molecule has 1 aromatic carbocycles. The first-order valence-electron chi connectivity index (χ1n) is 7.44. The molecule has 2 N–H and O–H groups in total. The minimum absolute atomic E-state index is 0.594. The molecule has 0 radical (unpaired) electrons. The second kappa shape index (κ2) is 6.96. The fourth-order valence-electron chi connectivity index (χ4n) is 2.44. The van der Waals surface area contributed by atoms with Gasteiger partial charge in [-0.25, -0.2) is 4.98 Å². The van der Waals surface area contributed by atoms with Crippen LogP contribution in [-0.4, -0.2) is 25.4 Å². The van der Waals surface area contributed by atoms with Gasteiger partial charge in [0, 0.05) is 31.4 Å². The molecule has 0 bridgehead atoms. The van der Waals surface area contributed by atoms with Gasteiger partial charge in [-0.05, 0) is 36.4 Å². The van der Waals surface area contributed by atoms with E-state index in [1.54, 1.807) is 12.4 Å². The van der Waals surface area contributed by atoms with Crippen molar-refractivity contribution in [3.05, 3.63) is 54.4 Å². The van der Waals surface area contributed by atoms with Crippen molar-refractivity contribution in [1.82, 2.24) is 4.98 Å². The number of rotatable bonds is 6. The van der Waals surface area contributed by atoms with E-state index >= 15 is 0 Å². The number of aldehydes is 1. The smallest absolute Gasteiger partial charge is 0.150 e. The highest BCUT2D eigenvalue weighted by Crippen LogP contribution is 2.31. The topological polar surface area (TPSA) is 62.5 Å². The summed E-state index contributed by atoms with van der Waals surface area (Å²) in [7, 11) is 3.84. The van der Waals surface area contributed by atoms with Crippen LogP contribution >= 0.6 is 0 Å². The zero-order valence-corrected chi connectivity index (χ0v) is 13.8. The van der Waals surface area contributed by atoms with Crippen LogP contribution in [0.4, 0.5) is 22.9 Å². The molecule has 120 valence electrons. The van der Waals surface area contributed by atoms with Crippen LogP contribution in [0.15, 0.2) is 43.2 Å². The average molecular weight is 310 g/mol. The minimum atomic E-state index is 0.594. The molecule has 5 heteroatoms. The largest absolute Gasteiger partial charge is 0.396 e. The molecular formula is C18H22N4O. The molecule has 0 saturated heterocycles. The number of hydrogen-bond donors (Lipinski definition) is 1. The normalized spacial score (nSPS) is 10.2. The highest BCUT2D eigenvalue weighted by Gasteiger charge is 2.13. The summed E-state index contributed by atoms with van der Waals surface area (Å²) in [4.78, 5) is 19.2. The van der Waals surface area contributed by atoms with E-state index in [2.05, 4.69) is 18.5 Å². The summed E-state index contributed by atoms with van der Waals surface area (Å²) in [5, 5.41) is 0. The second-order valence-corrected chi connectivity index (χ2v) is 5.31. The van der Waals surface area contributed by atoms with Gasteiger partial charge in [-0.3, -0.25) is 4.79 Å². The highest BCUT2D eigenvalue weighted by atomic mass is 16.1. The molecule has 5 nitrogen and oxygen atoms in total. The van der Waals surface area contributed by atoms with Gasteiger partial charge in [-0.1, -0.05) is 13.5 Å². The van der Waals surface area contributed by atoms with Crippen LogP contribution < -0.4 is 15.5 Å². The first-order chi connectivity index (χ1) is 11.0. The maximum absolute atomic E-state index is 11.0. The van der Waals surface area contributed by atoms with Crippen molar-refractivity contribution in [1.29, 1.82) is 0 Å². The van der Waals surface area contributed by atoms with E-state index in [9.17, 15) is 4.79 Å². The Balaban J connectivity index is 2.46. The summed E-state index contributed by atoms with van der Waals surface area (Å²) in [6, 6.07) is 7.58. The summed E-state index contributed by atoms with van der Waals surface area (Å²) in [5.74, 6) is 0.774. The lowest BCUT2D eigenvalue weighted by Gasteiger charge is -2.24. The van der Waals surface area contributed by atoms with Crippen molar-refractivity contribution in [2.75, 3.05) is 29.6 Å². The van der Waals surface area contributed by atoms with Gasteiger partial charge in [0.25, 0.3) is 0 Å². The number of nitrogens with two attached hydrogens (primary N) is 1. The van der Waals surface area contributed by atoms with Gasteiger partial charge < -0.3 is 15.5 Å². The summed E-state index contributed by atoms with van der Waals surface area (Å²) >= 11 is 0. The van der Waals surface area contributed by atoms with Crippen molar-refractivity contribution in [2.24, 2.45) is 0 Å². The Morgan fingerprint density at radius 2 is 2.00 bits per heavy atom. The standard InChI is InChI=1S/C18H22N4O/c1-5-14-9-13(12-23)7-8-16(14)22(4)18-10-17(21(3)6-2)15(19)11-20-18/h6-12H,2,5,19H2,1,3-4H3. The fourth-order valence-corrected chi connectivity index (χ4v) is 2.44. The van der Waals surface area contributed by atoms with Crippen molar-refractivity contribution in [3.8, 4) is 0 Å². The van der Waals surface area contributed by atoms with Crippen molar-refractivity contribution < 1.29 is 4.79 Å². The van der Waals surface area contributed by atoms with Crippen molar-refractivity contribution >= 4 is 29.2 Å². The molecule has 1 aromatic heterocycles. The Bertz CT molecular complexity index is 727. The molecule has 0 fully saturated rings. The number of pyridine rings is 1. The number of benzene rings is 1. The predicted octanol–water partition coefficient (Wildman–Crippen LogP) is 3.39. The Morgan fingerprint density at radius 3 is 2.61 bits per heavy atom. The lowest BCUT2D eigenvalue weighted by molar-refractivity contribution is 0.112. The monoisotopic (exact) mass is 310 g/mol.